The Labute approximate surface area is 201 Å². The number of para-hydroxylation sites is 1. The van der Waals surface area contributed by atoms with Crippen LogP contribution in [0.2, 0.25) is 0 Å². The lowest BCUT2D eigenvalue weighted by molar-refractivity contribution is 0.390. The number of hydrogen-bond donors (Lipinski definition) is 0. The largest absolute Gasteiger partial charge is 0.494 e. The first-order valence-corrected chi connectivity index (χ1v) is 12.3. The van der Waals surface area contributed by atoms with Crippen LogP contribution in [0, 0.1) is 5.82 Å². The Morgan fingerprint density at radius 2 is 1.66 bits per heavy atom. The highest BCUT2D eigenvalue weighted by Gasteiger charge is 2.29. The van der Waals surface area contributed by atoms with Crippen molar-refractivity contribution in [2.45, 2.75) is 24.3 Å². The zero-order valence-corrected chi connectivity index (χ0v) is 20.1. The van der Waals surface area contributed by atoms with Crippen LogP contribution in [0.25, 0.3) is 17.2 Å². The van der Waals surface area contributed by atoms with E-state index in [-0.39, 0.29) is 18.1 Å². The average molecular weight is 499 g/mol. The van der Waals surface area contributed by atoms with Crippen LogP contribution in [0.5, 0.6) is 11.5 Å². The Morgan fingerprint density at radius 3 is 2.26 bits per heavy atom. The van der Waals surface area contributed by atoms with Crippen LogP contribution in [-0.4, -0.2) is 57.6 Å². The fraction of sp³-hybridized carbons (Fsp3) is 0.261. The second kappa shape index (κ2) is 10.1. The second-order valence-electron chi connectivity index (χ2n) is 7.64. The summed E-state index contributed by atoms with van der Waals surface area (Å²) in [5.41, 5.74) is 0.937. The molecule has 0 saturated heterocycles. The Kier molecular flexibility index (Phi) is 7.01. The Morgan fingerprint density at radius 1 is 0.971 bits per heavy atom. The summed E-state index contributed by atoms with van der Waals surface area (Å²) in [6.45, 7) is 1.55. The van der Waals surface area contributed by atoms with Gasteiger partial charge < -0.3 is 9.47 Å². The fourth-order valence-electron chi connectivity index (χ4n) is 3.51. The van der Waals surface area contributed by atoms with Gasteiger partial charge in [0.25, 0.3) is 0 Å². The third-order valence-electron chi connectivity index (χ3n) is 5.34. The van der Waals surface area contributed by atoms with E-state index in [1.807, 2.05) is 0 Å². The van der Waals surface area contributed by atoms with E-state index >= 15 is 0 Å². The maximum absolute atomic E-state index is 13.3. The Bertz CT molecular complexity index is 1390. The molecule has 0 amide bonds. The van der Waals surface area contributed by atoms with Gasteiger partial charge in [0.05, 0.1) is 31.9 Å². The summed E-state index contributed by atoms with van der Waals surface area (Å²) in [5, 5.41) is 7.60. The summed E-state index contributed by atoms with van der Waals surface area (Å²) < 4.78 is 52.5. The lowest BCUT2D eigenvalue weighted by atomic mass is 10.2. The third-order valence-corrected chi connectivity index (χ3v) is 7.39. The number of methoxy groups -OCH3 is 2. The molecule has 0 N–H and O–H groups in total. The van der Waals surface area contributed by atoms with Crippen molar-refractivity contribution in [3.63, 3.8) is 0 Å². The highest BCUT2D eigenvalue weighted by molar-refractivity contribution is 7.91. The molecule has 35 heavy (non-hydrogen) atoms. The molecule has 1 aromatic carbocycles. The van der Waals surface area contributed by atoms with Gasteiger partial charge in [0.2, 0.25) is 0 Å². The molecular formula is C23H23FN6O4S. The molecule has 0 saturated carbocycles. The summed E-state index contributed by atoms with van der Waals surface area (Å²) in [7, 11) is -0.751. The monoisotopic (exact) mass is 498 g/mol. The quantitative estimate of drug-likeness (QED) is 0.343. The summed E-state index contributed by atoms with van der Waals surface area (Å²) >= 11 is 0. The highest BCUT2D eigenvalue weighted by atomic mass is 32.2. The molecule has 0 radical (unpaired) electrons. The first kappa shape index (κ1) is 24.2. The van der Waals surface area contributed by atoms with Crippen molar-refractivity contribution < 1.29 is 22.3 Å². The summed E-state index contributed by atoms with van der Waals surface area (Å²) in [6.07, 6.45) is 3.63. The van der Waals surface area contributed by atoms with Gasteiger partial charge in [-0.25, -0.2) is 22.8 Å². The molecule has 0 spiro atoms. The van der Waals surface area contributed by atoms with E-state index in [1.165, 1.54) is 14.2 Å². The molecule has 182 valence electrons. The van der Waals surface area contributed by atoms with E-state index in [9.17, 15) is 12.8 Å². The smallest absolute Gasteiger partial charge is 0.187 e. The molecule has 3 aromatic heterocycles. The molecule has 12 heteroatoms. The zero-order chi connectivity index (χ0) is 25.0. The molecule has 10 nitrogen and oxygen atoms in total. The van der Waals surface area contributed by atoms with Crippen molar-refractivity contribution in [3.8, 4) is 28.7 Å². The minimum Gasteiger partial charge on any atom is -0.494 e. The number of nitrogens with zero attached hydrogens (tertiary/aromatic N) is 6. The first-order valence-electron chi connectivity index (χ1n) is 10.6. The van der Waals surface area contributed by atoms with Crippen molar-refractivity contribution in [1.82, 2.24) is 29.7 Å². The van der Waals surface area contributed by atoms with E-state index in [4.69, 9.17) is 9.47 Å². The van der Waals surface area contributed by atoms with E-state index in [0.717, 1.165) is 12.4 Å². The normalized spacial score (nSPS) is 12.3. The fourth-order valence-corrected chi connectivity index (χ4v) is 4.74. The molecule has 4 rings (SSSR count). The predicted octanol–water partition coefficient (Wildman–Crippen LogP) is 2.82. The van der Waals surface area contributed by atoms with Crippen LogP contribution < -0.4 is 9.47 Å². The molecule has 4 aromatic rings. The number of benzene rings is 1. The van der Waals surface area contributed by atoms with Crippen molar-refractivity contribution in [2.75, 3.05) is 14.2 Å². The maximum Gasteiger partial charge on any atom is 0.187 e. The topological polar surface area (TPSA) is 122 Å². The second-order valence-corrected chi connectivity index (χ2v) is 10.1. The van der Waals surface area contributed by atoms with Gasteiger partial charge in [-0.05, 0) is 31.2 Å². The van der Waals surface area contributed by atoms with Gasteiger partial charge in [0.15, 0.2) is 27.3 Å². The van der Waals surface area contributed by atoms with Gasteiger partial charge in [-0.3, -0.25) is 9.55 Å². The minimum atomic E-state index is -3.76. The van der Waals surface area contributed by atoms with Crippen LogP contribution in [0.1, 0.15) is 18.6 Å². The molecule has 0 aliphatic carbocycles. The summed E-state index contributed by atoms with van der Waals surface area (Å²) in [5.74, 6) is 0.555. The van der Waals surface area contributed by atoms with Crippen LogP contribution >= 0.6 is 0 Å². The molecular weight excluding hydrogens is 475 g/mol. The summed E-state index contributed by atoms with van der Waals surface area (Å²) in [6, 6.07) is 10.5. The SMILES string of the molecule is COc1cccc(OC)c1-n1c(CS(=O)(=O)[C@H](C)Cc2ncc(F)cn2)nnc1-c1ccccn1. The minimum absolute atomic E-state index is 0.0157. The maximum atomic E-state index is 13.3. The molecule has 3 heterocycles. The van der Waals surface area contributed by atoms with Gasteiger partial charge in [-0.15, -0.1) is 10.2 Å². The lowest BCUT2D eigenvalue weighted by Crippen LogP contribution is -2.24. The van der Waals surface area contributed by atoms with Gasteiger partial charge in [-0.2, -0.15) is 0 Å². The zero-order valence-electron chi connectivity index (χ0n) is 19.3. The van der Waals surface area contributed by atoms with Crippen LogP contribution in [0.15, 0.2) is 55.0 Å². The van der Waals surface area contributed by atoms with E-state index in [1.54, 1.807) is 54.1 Å². The van der Waals surface area contributed by atoms with E-state index in [0.29, 0.717) is 28.7 Å². The number of halogens is 1. The van der Waals surface area contributed by atoms with Gasteiger partial charge in [0, 0.05) is 12.6 Å². The van der Waals surface area contributed by atoms with E-state index in [2.05, 4.69) is 25.1 Å². The number of aromatic nitrogens is 6. The molecule has 0 unspecified atom stereocenters. The lowest BCUT2D eigenvalue weighted by Gasteiger charge is -2.18. The molecule has 0 aliphatic rings. The number of pyridine rings is 1. The average Bonchev–Trinajstić information content (AvgIpc) is 3.27. The Hall–Kier alpha value is -3.93. The van der Waals surface area contributed by atoms with Crippen LogP contribution in [-0.2, 0) is 22.0 Å². The number of hydrogen-bond acceptors (Lipinski definition) is 9. The standard InChI is InChI=1S/C23H23FN6O4S/c1-15(11-20-26-12-16(24)13-27-20)35(31,32)14-21-28-29-23(17-7-4-5-10-25-17)30(21)22-18(33-2)8-6-9-19(22)34-3/h4-10,12-13,15H,11,14H2,1-3H3/t15-/m1/s1. The number of rotatable bonds is 9. The van der Waals surface area contributed by atoms with Crippen LogP contribution in [0.3, 0.4) is 0 Å². The van der Waals surface area contributed by atoms with Gasteiger partial charge in [-0.1, -0.05) is 12.1 Å². The highest BCUT2D eigenvalue weighted by Crippen LogP contribution is 2.36. The molecule has 0 fully saturated rings. The molecule has 0 aliphatic heterocycles. The number of ether oxygens (including phenoxy) is 2. The van der Waals surface area contributed by atoms with Crippen molar-refractivity contribution in [2.24, 2.45) is 0 Å². The molecule has 0 bridgehead atoms. The molecule has 1 atom stereocenters. The predicted molar refractivity (Wildman–Crippen MR) is 125 cm³/mol. The van der Waals surface area contributed by atoms with Gasteiger partial charge >= 0.3 is 0 Å². The Balaban J connectivity index is 1.79. The van der Waals surface area contributed by atoms with Gasteiger partial charge in [0.1, 0.15) is 34.5 Å². The first-order chi connectivity index (χ1) is 16.8. The van der Waals surface area contributed by atoms with Crippen molar-refractivity contribution >= 4 is 9.84 Å². The number of sulfone groups is 1. The third kappa shape index (κ3) is 5.11. The van der Waals surface area contributed by atoms with E-state index < -0.39 is 26.7 Å². The van der Waals surface area contributed by atoms with Crippen molar-refractivity contribution in [1.29, 1.82) is 0 Å². The van der Waals surface area contributed by atoms with Crippen molar-refractivity contribution in [3.05, 3.63) is 72.5 Å². The summed E-state index contributed by atoms with van der Waals surface area (Å²) in [4.78, 5) is 12.1. The van der Waals surface area contributed by atoms with Crippen LogP contribution in [0.4, 0.5) is 4.39 Å².